The lowest BCUT2D eigenvalue weighted by Crippen LogP contribution is -2.36. The highest BCUT2D eigenvalue weighted by molar-refractivity contribution is 7.99. The van der Waals surface area contributed by atoms with Crippen LogP contribution in [0.25, 0.3) is 0 Å². The number of anilines is 3. The lowest BCUT2D eigenvalue weighted by atomic mass is 10.2. The number of thioether (sulfide) groups is 1. The Balaban J connectivity index is 1.97. The highest BCUT2D eigenvalue weighted by atomic mass is 32.2. The monoisotopic (exact) mass is 329 g/mol. The second-order valence-electron chi connectivity index (χ2n) is 5.60. The Morgan fingerprint density at radius 1 is 1.35 bits per heavy atom. The third-order valence-electron chi connectivity index (χ3n) is 3.46. The number of hydrogen-bond acceptors (Lipinski definition) is 7. The van der Waals surface area contributed by atoms with Gasteiger partial charge in [-0.05, 0) is 5.56 Å². The Morgan fingerprint density at radius 3 is 2.74 bits per heavy atom. The van der Waals surface area contributed by atoms with Crippen molar-refractivity contribution in [3.63, 3.8) is 0 Å². The second-order valence-corrected chi connectivity index (χ2v) is 7.14. The van der Waals surface area contributed by atoms with E-state index in [1.165, 1.54) is 0 Å². The molecule has 0 aliphatic carbocycles. The molecule has 1 aromatic heterocycles. The zero-order chi connectivity index (χ0) is 16.4. The van der Waals surface area contributed by atoms with Crippen molar-refractivity contribution in [1.29, 1.82) is 0 Å². The van der Waals surface area contributed by atoms with Crippen LogP contribution in [0.5, 0.6) is 0 Å². The Morgan fingerprint density at radius 2 is 2.09 bits per heavy atom. The average molecular weight is 329 g/mol. The highest BCUT2D eigenvalue weighted by Crippen LogP contribution is 2.38. The molecule has 1 aliphatic rings. The quantitative estimate of drug-likeness (QED) is 0.495. The molecule has 3 rings (SSSR count). The molecule has 2 heterocycles. The third-order valence-corrected chi connectivity index (χ3v) is 4.33. The maximum Gasteiger partial charge on any atom is 0.191 e. The molecule has 0 radical (unpaired) electrons. The molecule has 2 aromatic rings. The number of hydrogen-bond donors (Lipinski definition) is 2. The minimum absolute atomic E-state index is 0.353. The molecule has 0 saturated carbocycles. The van der Waals surface area contributed by atoms with Gasteiger partial charge in [-0.15, -0.1) is 0 Å². The fourth-order valence-electron chi connectivity index (χ4n) is 2.47. The highest BCUT2D eigenvalue weighted by Gasteiger charge is 2.32. The number of aldehydes is 1. The van der Waals surface area contributed by atoms with Gasteiger partial charge in [0.05, 0.1) is 0 Å². The van der Waals surface area contributed by atoms with Crippen molar-refractivity contribution < 1.29 is 4.79 Å². The van der Waals surface area contributed by atoms with Crippen LogP contribution in [0.15, 0.2) is 35.5 Å². The van der Waals surface area contributed by atoms with Crippen LogP contribution in [0.2, 0.25) is 0 Å². The van der Waals surface area contributed by atoms with E-state index in [2.05, 4.69) is 29.1 Å². The molecule has 0 spiro atoms. The summed E-state index contributed by atoms with van der Waals surface area (Å²) in [5, 5.41) is 4.08. The number of nitrogens with two attached hydrogens (primary N) is 1. The minimum atomic E-state index is -0.485. The number of aromatic nitrogens is 2. The first-order valence-corrected chi connectivity index (χ1v) is 8.33. The largest absolute Gasteiger partial charge is 0.382 e. The molecule has 1 atom stereocenters. The number of carbonyl (C=O) groups excluding carboxylic acids is 1. The standard InChI is InChI=1S/C16H19N5OS/c1-10(2)23-16-19-14(17)13-15(20-16)21(12(9-22)18-13)8-11-6-4-3-5-7-11/h3-7,9-10,12,18H,8H2,1-2H3,(H2,17,19,20). The van der Waals surface area contributed by atoms with Gasteiger partial charge in [0.15, 0.2) is 29.2 Å². The van der Waals surface area contributed by atoms with Gasteiger partial charge in [0.2, 0.25) is 0 Å². The first-order valence-electron chi connectivity index (χ1n) is 7.45. The molecule has 1 aromatic carbocycles. The summed E-state index contributed by atoms with van der Waals surface area (Å²) in [6, 6.07) is 9.96. The van der Waals surface area contributed by atoms with E-state index in [-0.39, 0.29) is 0 Å². The number of fused-ring (bicyclic) bond motifs is 1. The van der Waals surface area contributed by atoms with Crippen molar-refractivity contribution in [3.8, 4) is 0 Å². The molecule has 120 valence electrons. The van der Waals surface area contributed by atoms with Crippen molar-refractivity contribution in [2.24, 2.45) is 0 Å². The fraction of sp³-hybridized carbons (Fsp3) is 0.312. The Bertz CT molecular complexity index is 707. The lowest BCUT2D eigenvalue weighted by molar-refractivity contribution is -0.108. The fourth-order valence-corrected chi connectivity index (χ4v) is 3.19. The second kappa shape index (κ2) is 6.45. The smallest absolute Gasteiger partial charge is 0.191 e. The molecular formula is C16H19N5OS. The zero-order valence-electron chi connectivity index (χ0n) is 13.1. The van der Waals surface area contributed by atoms with Gasteiger partial charge >= 0.3 is 0 Å². The molecule has 3 N–H and O–H groups in total. The third kappa shape index (κ3) is 3.24. The van der Waals surface area contributed by atoms with Crippen molar-refractivity contribution in [2.45, 2.75) is 37.0 Å². The van der Waals surface area contributed by atoms with Gasteiger partial charge in [-0.3, -0.25) is 4.79 Å². The van der Waals surface area contributed by atoms with Crippen LogP contribution >= 0.6 is 11.8 Å². The Hall–Kier alpha value is -2.28. The maximum absolute atomic E-state index is 11.5. The van der Waals surface area contributed by atoms with E-state index in [1.807, 2.05) is 35.2 Å². The van der Waals surface area contributed by atoms with E-state index in [4.69, 9.17) is 5.73 Å². The van der Waals surface area contributed by atoms with Crippen LogP contribution in [0, 0.1) is 0 Å². The molecule has 6 nitrogen and oxygen atoms in total. The normalized spacial score (nSPS) is 16.3. The van der Waals surface area contributed by atoms with Crippen LogP contribution in [0.3, 0.4) is 0 Å². The van der Waals surface area contributed by atoms with Crippen molar-refractivity contribution in [2.75, 3.05) is 16.0 Å². The number of benzene rings is 1. The molecule has 0 saturated heterocycles. The summed E-state index contributed by atoms with van der Waals surface area (Å²) in [4.78, 5) is 22.3. The molecule has 1 unspecified atom stereocenters. The first kappa shape index (κ1) is 15.6. The summed E-state index contributed by atoms with van der Waals surface area (Å²) < 4.78 is 0. The molecule has 7 heteroatoms. The predicted molar refractivity (Wildman–Crippen MR) is 93.5 cm³/mol. The Kier molecular flexibility index (Phi) is 4.38. The average Bonchev–Trinajstić information content (AvgIpc) is 2.86. The van der Waals surface area contributed by atoms with E-state index >= 15 is 0 Å². The summed E-state index contributed by atoms with van der Waals surface area (Å²) in [5.41, 5.74) is 7.78. The van der Waals surface area contributed by atoms with Gasteiger partial charge < -0.3 is 16.0 Å². The summed E-state index contributed by atoms with van der Waals surface area (Å²) in [6.45, 7) is 4.73. The summed E-state index contributed by atoms with van der Waals surface area (Å²) in [7, 11) is 0. The van der Waals surface area contributed by atoms with Crippen molar-refractivity contribution in [3.05, 3.63) is 35.9 Å². The van der Waals surface area contributed by atoms with E-state index in [0.29, 0.717) is 34.3 Å². The van der Waals surface area contributed by atoms with Crippen LogP contribution in [0.1, 0.15) is 19.4 Å². The van der Waals surface area contributed by atoms with Crippen molar-refractivity contribution in [1.82, 2.24) is 9.97 Å². The zero-order valence-corrected chi connectivity index (χ0v) is 13.9. The molecule has 1 aliphatic heterocycles. The molecule has 0 amide bonds. The topological polar surface area (TPSA) is 84.1 Å². The van der Waals surface area contributed by atoms with Gasteiger partial charge in [-0.2, -0.15) is 0 Å². The maximum atomic E-state index is 11.5. The van der Waals surface area contributed by atoms with Crippen LogP contribution in [-0.4, -0.2) is 27.7 Å². The van der Waals surface area contributed by atoms with Gasteiger partial charge in [0.25, 0.3) is 0 Å². The summed E-state index contributed by atoms with van der Waals surface area (Å²) in [6.07, 6.45) is 0.375. The minimum Gasteiger partial charge on any atom is -0.382 e. The number of carbonyl (C=O) groups is 1. The molecule has 23 heavy (non-hydrogen) atoms. The summed E-state index contributed by atoms with van der Waals surface area (Å²) in [5.74, 6) is 1.06. The number of nitrogens with one attached hydrogen (secondary N) is 1. The van der Waals surface area contributed by atoms with Crippen molar-refractivity contribution >= 4 is 35.4 Å². The number of rotatable bonds is 5. The SMILES string of the molecule is CC(C)Sc1nc(N)c2c(n1)N(Cc1ccccc1)C(C=O)N2. The van der Waals surface area contributed by atoms with Crippen LogP contribution in [-0.2, 0) is 11.3 Å². The van der Waals surface area contributed by atoms with Gasteiger partial charge in [0, 0.05) is 11.8 Å². The van der Waals surface area contributed by atoms with Gasteiger partial charge in [-0.25, -0.2) is 9.97 Å². The van der Waals surface area contributed by atoms with Crippen LogP contribution in [0.4, 0.5) is 17.3 Å². The summed E-state index contributed by atoms with van der Waals surface area (Å²) >= 11 is 1.55. The molecular weight excluding hydrogens is 310 g/mol. The van der Waals surface area contributed by atoms with E-state index < -0.39 is 6.17 Å². The predicted octanol–water partition coefficient (Wildman–Crippen LogP) is 2.52. The number of nitrogen functional groups attached to an aromatic ring is 1. The molecule has 0 bridgehead atoms. The molecule has 0 fully saturated rings. The first-order chi connectivity index (χ1) is 11.1. The van der Waals surface area contributed by atoms with Gasteiger partial charge in [0.1, 0.15) is 5.69 Å². The number of nitrogens with zero attached hydrogens (tertiary/aromatic N) is 3. The van der Waals surface area contributed by atoms with E-state index in [1.54, 1.807) is 11.8 Å². The van der Waals surface area contributed by atoms with E-state index in [0.717, 1.165) is 11.8 Å². The lowest BCUT2D eigenvalue weighted by Gasteiger charge is -2.22. The van der Waals surface area contributed by atoms with E-state index in [9.17, 15) is 4.79 Å². The van der Waals surface area contributed by atoms with Crippen LogP contribution < -0.4 is 16.0 Å². The van der Waals surface area contributed by atoms with Gasteiger partial charge in [-0.1, -0.05) is 55.9 Å². The Labute approximate surface area is 139 Å².